The number of ether oxygens (including phenoxy) is 7. The lowest BCUT2D eigenvalue weighted by Crippen LogP contribution is -2.62. The smallest absolute Gasteiger partial charge is 0.410 e. The molecular formula is C93H110ClN17O10. The van der Waals surface area contributed by atoms with Crippen LogP contribution in [0.25, 0.3) is 80.6 Å². The van der Waals surface area contributed by atoms with Crippen molar-refractivity contribution < 1.29 is 47.5 Å². The van der Waals surface area contributed by atoms with Crippen molar-refractivity contribution in [3.63, 3.8) is 0 Å². The summed E-state index contributed by atoms with van der Waals surface area (Å²) in [5, 5.41) is 24.7. The lowest BCUT2D eigenvalue weighted by molar-refractivity contribution is -0.139. The van der Waals surface area contributed by atoms with Gasteiger partial charge in [-0.05, 0) is 192 Å². The number of hydrogen-bond donors (Lipinski definition) is 3. The molecule has 11 heterocycles. The number of methoxy groups -OCH3 is 3. The van der Waals surface area contributed by atoms with Gasteiger partial charge >= 0.3 is 6.09 Å². The van der Waals surface area contributed by atoms with E-state index in [4.69, 9.17) is 64.5 Å². The monoisotopic (exact) mass is 1660 g/mol. The van der Waals surface area contributed by atoms with E-state index in [-0.39, 0.29) is 22.8 Å². The molecule has 2 amide bonds. The number of nitrogens with one attached hydrogen (secondary N) is 3. The molecule has 3 N–H and O–H groups in total. The van der Waals surface area contributed by atoms with Crippen molar-refractivity contribution in [1.29, 1.82) is 0 Å². The molecule has 634 valence electrons. The van der Waals surface area contributed by atoms with Crippen LogP contribution in [0.1, 0.15) is 95.2 Å². The Balaban J connectivity index is 0.000000138. The van der Waals surface area contributed by atoms with Gasteiger partial charge in [0, 0.05) is 165 Å². The Kier molecular flexibility index (Phi) is 24.9. The number of benzene rings is 6. The topological polar surface area (TPSA) is 241 Å². The number of halogens is 1. The maximum absolute atomic E-state index is 12.6. The number of nitrogens with zero attached hydrogens (tertiary/aromatic N) is 14. The summed E-state index contributed by atoms with van der Waals surface area (Å²) < 4.78 is 41.0. The normalized spacial score (nSPS) is 18.4. The summed E-state index contributed by atoms with van der Waals surface area (Å²) in [4.78, 5) is 64.4. The third-order valence-electron chi connectivity index (χ3n) is 26.2. The van der Waals surface area contributed by atoms with Gasteiger partial charge in [-0.3, -0.25) is 24.9 Å². The van der Waals surface area contributed by atoms with Crippen LogP contribution >= 0.6 is 11.6 Å². The Morgan fingerprint density at radius 1 is 0.446 bits per heavy atom. The Morgan fingerprint density at radius 2 is 0.744 bits per heavy atom. The number of carbonyl (C=O) groups is 3. The van der Waals surface area contributed by atoms with Crippen LogP contribution in [-0.2, 0) is 28.5 Å². The predicted octanol–water partition coefficient (Wildman–Crippen LogP) is 17.0. The molecule has 0 unspecified atom stereocenters. The first kappa shape index (κ1) is 84.5. The van der Waals surface area contributed by atoms with Crippen LogP contribution in [0.15, 0.2) is 98.5 Å². The molecule has 3 spiro atoms. The number of likely N-dealkylation sites (tertiary alicyclic amines) is 2. The van der Waals surface area contributed by atoms with Gasteiger partial charge in [0.15, 0.2) is 0 Å². The minimum absolute atomic E-state index is 0.0112. The van der Waals surface area contributed by atoms with Crippen LogP contribution in [-0.4, -0.2) is 229 Å². The number of aryl methyl sites for hydroxylation is 3. The highest BCUT2D eigenvalue weighted by atomic mass is 35.5. The van der Waals surface area contributed by atoms with Crippen LogP contribution in [0, 0.1) is 56.7 Å². The second-order valence-electron chi connectivity index (χ2n) is 34.5. The summed E-state index contributed by atoms with van der Waals surface area (Å²) in [5.41, 5.74) is 19.7. The molecule has 0 bridgehead atoms. The molecule has 18 rings (SSSR count). The summed E-state index contributed by atoms with van der Waals surface area (Å²) in [6.45, 7) is 60.8. The minimum Gasteiger partial charge on any atom is -0.495 e. The number of hydrogen-bond acceptors (Lipinski definition) is 19. The van der Waals surface area contributed by atoms with Gasteiger partial charge in [0.05, 0.1) is 133 Å². The van der Waals surface area contributed by atoms with E-state index in [1.54, 1.807) is 21.3 Å². The highest BCUT2D eigenvalue weighted by Crippen LogP contribution is 2.59. The van der Waals surface area contributed by atoms with Crippen molar-refractivity contribution in [3.8, 4) is 50.6 Å². The lowest BCUT2D eigenvalue weighted by Gasteiger charge is -2.54. The van der Waals surface area contributed by atoms with Gasteiger partial charge < -0.3 is 72.4 Å². The van der Waals surface area contributed by atoms with E-state index in [2.05, 4.69) is 151 Å². The number of H-pyrrole nitrogens is 3. The van der Waals surface area contributed by atoms with Crippen molar-refractivity contribution in [1.82, 2.24) is 40.4 Å². The van der Waals surface area contributed by atoms with Crippen LogP contribution in [0.4, 0.5) is 56.0 Å². The Hall–Kier alpha value is -11.5. The molecule has 3 aromatic heterocycles. The maximum atomic E-state index is 12.6. The highest BCUT2D eigenvalue weighted by molar-refractivity contribution is 6.66. The number of rotatable bonds is 14. The van der Waals surface area contributed by atoms with Crippen molar-refractivity contribution in [3.05, 3.63) is 149 Å². The summed E-state index contributed by atoms with van der Waals surface area (Å²) in [6.07, 6.45) is 18.2. The Morgan fingerprint density at radius 3 is 1.01 bits per heavy atom. The van der Waals surface area contributed by atoms with Crippen molar-refractivity contribution in [2.24, 2.45) is 16.2 Å². The number of fused-ring (bicyclic) bond motifs is 3. The zero-order chi connectivity index (χ0) is 85.1. The minimum atomic E-state index is -0.509. The number of piperidine rings is 3. The molecule has 121 heavy (non-hydrogen) atoms. The molecule has 9 fully saturated rings. The van der Waals surface area contributed by atoms with Crippen molar-refractivity contribution in [2.75, 3.05) is 195 Å². The third-order valence-corrected chi connectivity index (χ3v) is 26.4. The first-order valence-electron chi connectivity index (χ1n) is 42.1. The molecule has 8 aliphatic heterocycles. The molecule has 0 atom stereocenters. The van der Waals surface area contributed by atoms with Gasteiger partial charge in [0.1, 0.15) is 22.8 Å². The van der Waals surface area contributed by atoms with E-state index in [1.165, 1.54) is 38.2 Å². The average Bonchev–Trinajstić information content (AvgIpc) is 1.66. The van der Waals surface area contributed by atoms with Crippen molar-refractivity contribution >= 4 is 113 Å². The fourth-order valence-electron chi connectivity index (χ4n) is 19.5. The second kappa shape index (κ2) is 35.6. The SMILES string of the molecule is C=CC(=O)Cl.[C-]#[N+]c1c(N2CCC3(CC2)CN(C(=O)C=C)C3)cc(N2CCOCC2)c(OC)c1-c1c(C)ccc2[nH]ncc12.[C-]#[N+]c1c(N2CCC3(CC2)CN(C(=O)OC(C)(C)C)C3)cc(N2CCOCC2)c(OC)c1-c1c(C)ccc2[nH]ncc12.[C-]#[N+]c1c(N2CCC3(CCC3)CC2)cc(N2CCOCC2)c(OC)c1-c1c(C)ccc2[nH]ncc12. The van der Waals surface area contributed by atoms with E-state index in [0.29, 0.717) is 67.9 Å². The van der Waals surface area contributed by atoms with E-state index < -0.39 is 10.8 Å². The van der Waals surface area contributed by atoms with Gasteiger partial charge in [-0.2, -0.15) is 15.3 Å². The number of amides is 2. The number of allylic oxidation sites excluding steroid dienone is 1. The first-order chi connectivity index (χ1) is 58.5. The predicted molar refractivity (Wildman–Crippen MR) is 477 cm³/mol. The van der Waals surface area contributed by atoms with Crippen LogP contribution in [0.5, 0.6) is 17.2 Å². The number of anilines is 6. The van der Waals surface area contributed by atoms with E-state index in [9.17, 15) is 14.4 Å². The molecule has 1 saturated carbocycles. The molecule has 8 saturated heterocycles. The molecule has 27 nitrogen and oxygen atoms in total. The Bertz CT molecular complexity index is 5510. The Labute approximate surface area is 713 Å². The molecule has 1 aliphatic carbocycles. The molecule has 6 aromatic carbocycles. The maximum Gasteiger partial charge on any atom is 0.410 e. The molecule has 0 radical (unpaired) electrons. The lowest BCUT2D eigenvalue weighted by atomic mass is 9.63. The first-order valence-corrected chi connectivity index (χ1v) is 42.5. The summed E-state index contributed by atoms with van der Waals surface area (Å²) in [7, 11) is 5.11. The number of aromatic amines is 3. The largest absolute Gasteiger partial charge is 0.495 e. The van der Waals surface area contributed by atoms with Crippen LogP contribution in [0.2, 0.25) is 0 Å². The highest BCUT2D eigenvalue weighted by Gasteiger charge is 2.50. The molecule has 28 heteroatoms. The zero-order valence-corrected chi connectivity index (χ0v) is 71.9. The van der Waals surface area contributed by atoms with Crippen molar-refractivity contribution in [2.45, 2.75) is 105 Å². The molecular weight excluding hydrogens is 1550 g/mol. The van der Waals surface area contributed by atoms with Gasteiger partial charge in [-0.25, -0.2) is 19.3 Å². The quantitative estimate of drug-likeness (QED) is 0.0521. The number of aromatic nitrogens is 6. The summed E-state index contributed by atoms with van der Waals surface area (Å²) in [6, 6.07) is 18.9. The van der Waals surface area contributed by atoms with Crippen LogP contribution < -0.4 is 43.6 Å². The number of carbonyl (C=O) groups excluding carboxylic acids is 3. The van der Waals surface area contributed by atoms with Gasteiger partial charge in [0.2, 0.25) is 28.2 Å². The fraction of sp³-hybridized carbons (Fsp3) is 0.473. The summed E-state index contributed by atoms with van der Waals surface area (Å²) >= 11 is 4.71. The fourth-order valence-corrected chi connectivity index (χ4v) is 19.5. The third kappa shape index (κ3) is 16.8. The van der Waals surface area contributed by atoms with E-state index >= 15 is 0 Å². The van der Waals surface area contributed by atoms with Crippen LogP contribution in [0.3, 0.4) is 0 Å². The molecule has 9 aromatic rings. The van der Waals surface area contributed by atoms with E-state index in [1.807, 2.05) is 61.3 Å². The van der Waals surface area contributed by atoms with Gasteiger partial charge in [-0.15, -0.1) is 0 Å². The molecule has 9 aliphatic rings. The van der Waals surface area contributed by atoms with E-state index in [0.717, 1.165) is 265 Å². The van der Waals surface area contributed by atoms with Gasteiger partial charge in [-0.1, -0.05) is 37.8 Å². The van der Waals surface area contributed by atoms with Gasteiger partial charge in [0.25, 0.3) is 0 Å². The number of morpholine rings is 3. The second-order valence-corrected chi connectivity index (χ2v) is 34.8. The zero-order valence-electron chi connectivity index (χ0n) is 71.1. The standard InChI is InChI=1S/C32H40N6O4.C30H34N6O3.C28H33N5O2.C3H3ClO/c1-21-7-8-23-22(18-34-35-23)26(21)27-28(33-5)24(17-25(29(27)40-6)37-13-15-41-16-14-37)36-11-9-32(10-12-36)19-38(20-32)30(39)42-31(2,3)4;1-5-25(37)36-18-30(19-36)8-10-34(11-9-30)23-16-24(35-12-14-39-15-13-35)29(38-4)27(28(23)31-3)26-20(2)6-7-22-21(26)17-32-33-22;1-19-5-6-21-20(18-30-31-21)24(19)25-26(29-2)22(32-11-9-28(10-12-32)7-4-8-28)17-23(27(25)34-3)33-13-15-35-16-14-33;1-2-3(4)5/h7-8,17-18H,9-16,19-20H2,1-4,6H3,(H,34,35);5-7,16-17H,1,8-15,18-19H2,2,4H3,(H,32,33);5-6,17-18H,4,7-16H2,1,3H3,(H,30,31);2H,1H2. The summed E-state index contributed by atoms with van der Waals surface area (Å²) in [5.74, 6) is 2.21. The average molecular weight is 1660 g/mol.